The first-order valence-corrected chi connectivity index (χ1v) is 7.34. The van der Waals surface area contributed by atoms with E-state index in [9.17, 15) is 5.11 Å². The van der Waals surface area contributed by atoms with Gasteiger partial charge < -0.3 is 10.8 Å². The molecule has 0 aromatic heterocycles. The van der Waals surface area contributed by atoms with Gasteiger partial charge in [0.25, 0.3) is 0 Å². The highest BCUT2D eigenvalue weighted by molar-refractivity contribution is 5.02. The second-order valence-corrected chi connectivity index (χ2v) is 4.79. The summed E-state index contributed by atoms with van der Waals surface area (Å²) in [4.78, 5) is 0. The molecule has 0 bridgehead atoms. The van der Waals surface area contributed by atoms with Gasteiger partial charge in [-0.3, -0.25) is 0 Å². The normalized spacial score (nSPS) is 15.8. The number of hydrogen-bond donors (Lipinski definition) is 2. The van der Waals surface area contributed by atoms with Crippen LogP contribution in [-0.2, 0) is 0 Å². The van der Waals surface area contributed by atoms with E-state index in [1.807, 2.05) is 19.1 Å². The van der Waals surface area contributed by atoms with Gasteiger partial charge in [0.05, 0.1) is 6.10 Å². The molecular formula is C18H29NO. The number of aliphatic hydroxyl groups excluding tert-OH is 1. The lowest BCUT2D eigenvalue weighted by molar-refractivity contribution is 0.154. The van der Waals surface area contributed by atoms with E-state index in [1.165, 1.54) is 0 Å². The average molecular weight is 275 g/mol. The van der Waals surface area contributed by atoms with Crippen molar-refractivity contribution in [3.8, 4) is 0 Å². The largest absolute Gasteiger partial charge is 0.391 e. The van der Waals surface area contributed by atoms with Crippen LogP contribution in [-0.4, -0.2) is 17.3 Å². The van der Waals surface area contributed by atoms with Crippen LogP contribution in [0.25, 0.3) is 0 Å². The van der Waals surface area contributed by atoms with Gasteiger partial charge in [-0.05, 0) is 39.0 Å². The Hall–Kier alpha value is -1.38. The summed E-state index contributed by atoms with van der Waals surface area (Å²) < 4.78 is 0. The molecule has 3 N–H and O–H groups in total. The first-order valence-electron chi connectivity index (χ1n) is 7.34. The molecule has 20 heavy (non-hydrogen) atoms. The van der Waals surface area contributed by atoms with Crippen LogP contribution in [0.15, 0.2) is 61.3 Å². The zero-order valence-electron chi connectivity index (χ0n) is 12.6. The Morgan fingerprint density at radius 3 is 2.10 bits per heavy atom. The zero-order valence-corrected chi connectivity index (χ0v) is 12.6. The summed E-state index contributed by atoms with van der Waals surface area (Å²) in [6, 6.07) is -0.160. The Bertz CT molecular complexity index is 337. The minimum atomic E-state index is -0.429. The summed E-state index contributed by atoms with van der Waals surface area (Å²) in [7, 11) is 0. The van der Waals surface area contributed by atoms with Crippen molar-refractivity contribution in [2.75, 3.05) is 0 Å². The zero-order chi connectivity index (χ0) is 15.1. The molecule has 0 radical (unpaired) electrons. The lowest BCUT2D eigenvalue weighted by Gasteiger charge is -2.10. The fraction of sp³-hybridized carbons (Fsp3) is 0.444. The first-order chi connectivity index (χ1) is 9.68. The van der Waals surface area contributed by atoms with Crippen molar-refractivity contribution in [3.63, 3.8) is 0 Å². The van der Waals surface area contributed by atoms with Gasteiger partial charge >= 0.3 is 0 Å². The van der Waals surface area contributed by atoms with Crippen molar-refractivity contribution in [2.45, 2.75) is 51.2 Å². The van der Waals surface area contributed by atoms with E-state index in [1.54, 1.807) is 6.08 Å². The molecule has 0 rings (SSSR count). The van der Waals surface area contributed by atoms with Gasteiger partial charge in [-0.2, -0.15) is 0 Å². The Labute approximate surface area is 124 Å². The summed E-state index contributed by atoms with van der Waals surface area (Å²) in [5.74, 6) is 0. The van der Waals surface area contributed by atoms with Crippen LogP contribution < -0.4 is 5.73 Å². The summed E-state index contributed by atoms with van der Waals surface area (Å²) in [6.45, 7) is 5.44. The minimum absolute atomic E-state index is 0.160. The quantitative estimate of drug-likeness (QED) is 0.339. The van der Waals surface area contributed by atoms with E-state index < -0.39 is 6.10 Å². The summed E-state index contributed by atoms with van der Waals surface area (Å²) in [5, 5.41) is 9.50. The predicted molar refractivity (Wildman–Crippen MR) is 89.5 cm³/mol. The van der Waals surface area contributed by atoms with E-state index in [0.717, 1.165) is 25.7 Å². The molecule has 0 fully saturated rings. The fourth-order valence-corrected chi connectivity index (χ4v) is 1.50. The van der Waals surface area contributed by atoms with Crippen LogP contribution in [0.3, 0.4) is 0 Å². The molecular weight excluding hydrogens is 246 g/mol. The Kier molecular flexibility index (Phi) is 13.1. The van der Waals surface area contributed by atoms with Crippen molar-refractivity contribution in [2.24, 2.45) is 5.73 Å². The molecule has 112 valence electrons. The van der Waals surface area contributed by atoms with Crippen molar-refractivity contribution >= 4 is 0 Å². The van der Waals surface area contributed by atoms with Gasteiger partial charge in [-0.25, -0.2) is 0 Å². The van der Waals surface area contributed by atoms with Gasteiger partial charge in [-0.15, -0.1) is 0 Å². The van der Waals surface area contributed by atoms with Gasteiger partial charge in [0.15, 0.2) is 0 Å². The molecule has 0 saturated carbocycles. The highest BCUT2D eigenvalue weighted by Gasteiger charge is 2.05. The Morgan fingerprint density at radius 2 is 1.50 bits per heavy atom. The van der Waals surface area contributed by atoms with E-state index in [4.69, 9.17) is 5.73 Å². The van der Waals surface area contributed by atoms with Gasteiger partial charge in [0, 0.05) is 6.04 Å². The molecule has 0 heterocycles. The molecule has 0 aliphatic carbocycles. The molecule has 2 atom stereocenters. The SMILES string of the molecule is C=C/C=C/C/C=C/C/C=C/CC/C=C/CC(O)C(C)N. The summed E-state index contributed by atoms with van der Waals surface area (Å²) >= 11 is 0. The number of allylic oxidation sites excluding steroid dienone is 8. The summed E-state index contributed by atoms with van der Waals surface area (Å²) in [5.41, 5.74) is 5.57. The maximum Gasteiger partial charge on any atom is 0.0722 e. The van der Waals surface area contributed by atoms with Crippen molar-refractivity contribution in [1.29, 1.82) is 0 Å². The molecule has 0 aromatic rings. The molecule has 0 aliphatic heterocycles. The van der Waals surface area contributed by atoms with Crippen LogP contribution in [0.2, 0.25) is 0 Å². The lowest BCUT2D eigenvalue weighted by atomic mass is 10.1. The number of unbranched alkanes of at least 4 members (excludes halogenated alkanes) is 1. The Balaban J connectivity index is 3.50. The molecule has 0 saturated heterocycles. The standard InChI is InChI=1S/C18H29NO/c1-3-4-5-6-7-8-9-10-11-12-13-14-15-16-18(20)17(2)19/h3-5,7-8,10-11,14-15,17-18,20H,1,6,9,12-13,16,19H2,2H3/b5-4+,8-7+,11-10+,15-14+. The van der Waals surface area contributed by atoms with Crippen molar-refractivity contribution in [1.82, 2.24) is 0 Å². The highest BCUT2D eigenvalue weighted by atomic mass is 16.3. The van der Waals surface area contributed by atoms with E-state index >= 15 is 0 Å². The molecule has 0 spiro atoms. The highest BCUT2D eigenvalue weighted by Crippen LogP contribution is 2.00. The molecule has 0 amide bonds. The second kappa shape index (κ2) is 14.0. The Morgan fingerprint density at radius 1 is 0.950 bits per heavy atom. The van der Waals surface area contributed by atoms with Crippen LogP contribution in [0.4, 0.5) is 0 Å². The number of nitrogens with two attached hydrogens (primary N) is 1. The smallest absolute Gasteiger partial charge is 0.0722 e. The van der Waals surface area contributed by atoms with Crippen LogP contribution >= 0.6 is 0 Å². The molecule has 2 heteroatoms. The van der Waals surface area contributed by atoms with Crippen LogP contribution in [0.5, 0.6) is 0 Å². The van der Waals surface area contributed by atoms with Crippen LogP contribution in [0, 0.1) is 0 Å². The number of aliphatic hydroxyl groups is 1. The third-order valence-electron chi connectivity index (χ3n) is 2.80. The molecule has 0 aliphatic rings. The van der Waals surface area contributed by atoms with Gasteiger partial charge in [0.2, 0.25) is 0 Å². The first kappa shape index (κ1) is 18.6. The molecule has 2 unspecified atom stereocenters. The monoisotopic (exact) mass is 275 g/mol. The number of hydrogen-bond acceptors (Lipinski definition) is 2. The molecule has 2 nitrogen and oxygen atoms in total. The van der Waals surface area contributed by atoms with Crippen LogP contribution in [0.1, 0.15) is 39.0 Å². The van der Waals surface area contributed by atoms with E-state index in [-0.39, 0.29) is 6.04 Å². The van der Waals surface area contributed by atoms with Gasteiger partial charge in [0.1, 0.15) is 0 Å². The fourth-order valence-electron chi connectivity index (χ4n) is 1.50. The summed E-state index contributed by atoms with van der Waals surface area (Å²) in [6.07, 6.45) is 22.8. The maximum atomic E-state index is 9.50. The third-order valence-corrected chi connectivity index (χ3v) is 2.80. The lowest BCUT2D eigenvalue weighted by Crippen LogP contribution is -2.30. The maximum absolute atomic E-state index is 9.50. The second-order valence-electron chi connectivity index (χ2n) is 4.79. The van der Waals surface area contributed by atoms with E-state index in [2.05, 4.69) is 43.0 Å². The topological polar surface area (TPSA) is 46.2 Å². The minimum Gasteiger partial charge on any atom is -0.391 e. The van der Waals surface area contributed by atoms with E-state index in [0.29, 0.717) is 6.42 Å². The molecule has 0 aromatic carbocycles. The predicted octanol–water partition coefficient (Wildman–Crippen LogP) is 4.06. The number of rotatable bonds is 11. The van der Waals surface area contributed by atoms with Crippen molar-refractivity contribution in [3.05, 3.63) is 61.3 Å². The third kappa shape index (κ3) is 13.1. The average Bonchev–Trinajstić information content (AvgIpc) is 2.43. The van der Waals surface area contributed by atoms with Gasteiger partial charge in [-0.1, -0.05) is 61.3 Å². The van der Waals surface area contributed by atoms with Crippen molar-refractivity contribution < 1.29 is 5.11 Å².